The van der Waals surface area contributed by atoms with Gasteiger partial charge in [-0.25, -0.2) is 4.98 Å². The number of rotatable bonds is 0. The summed E-state index contributed by atoms with van der Waals surface area (Å²) in [6.07, 6.45) is 1.79. The molecule has 1 aliphatic heterocycles. The predicted molar refractivity (Wildman–Crippen MR) is 57.1 cm³/mol. The molecule has 15 heavy (non-hydrogen) atoms. The lowest BCUT2D eigenvalue weighted by atomic mass is 10.1. The van der Waals surface area contributed by atoms with E-state index in [1.54, 1.807) is 6.20 Å². The van der Waals surface area contributed by atoms with Gasteiger partial charge in [-0.2, -0.15) is 0 Å². The van der Waals surface area contributed by atoms with Gasteiger partial charge in [0.25, 0.3) is 5.88 Å². The summed E-state index contributed by atoms with van der Waals surface area (Å²) in [6, 6.07) is 10.1. The molecule has 4 rings (SSSR count). The fourth-order valence-corrected chi connectivity index (χ4v) is 1.87. The van der Waals surface area contributed by atoms with Crippen LogP contribution in [0.15, 0.2) is 36.5 Å². The van der Waals surface area contributed by atoms with Gasteiger partial charge in [-0.3, -0.25) is 4.98 Å². The van der Waals surface area contributed by atoms with Crippen molar-refractivity contribution in [3.63, 3.8) is 0 Å². The van der Waals surface area contributed by atoms with E-state index >= 15 is 0 Å². The van der Waals surface area contributed by atoms with Gasteiger partial charge in [0.2, 0.25) is 0 Å². The Morgan fingerprint density at radius 1 is 1.00 bits per heavy atom. The highest BCUT2D eigenvalue weighted by molar-refractivity contribution is 6.03. The highest BCUT2D eigenvalue weighted by atomic mass is 16.6. The molecule has 0 spiro atoms. The number of hydrogen-bond donors (Lipinski definition) is 0. The largest absolute Gasteiger partial charge is 0.430 e. The number of nitrogens with zero attached hydrogens (tertiary/aromatic N) is 2. The summed E-state index contributed by atoms with van der Waals surface area (Å²) in [5, 5.41) is 2.19. The third-order valence-corrected chi connectivity index (χ3v) is 2.65. The first kappa shape index (κ1) is 7.17. The summed E-state index contributed by atoms with van der Waals surface area (Å²) >= 11 is 0. The maximum Gasteiger partial charge on any atom is 0.264 e. The Bertz CT molecular complexity index is 706. The van der Waals surface area contributed by atoms with Gasteiger partial charge in [0.05, 0.1) is 5.52 Å². The molecule has 3 nitrogen and oxygen atoms in total. The van der Waals surface area contributed by atoms with Crippen LogP contribution in [0.25, 0.3) is 21.8 Å². The second kappa shape index (κ2) is 2.25. The van der Waals surface area contributed by atoms with E-state index in [1.165, 1.54) is 0 Å². The Morgan fingerprint density at radius 2 is 1.93 bits per heavy atom. The quantitative estimate of drug-likeness (QED) is 0.319. The molecule has 0 saturated heterocycles. The highest BCUT2D eigenvalue weighted by Crippen LogP contribution is 2.45. The van der Waals surface area contributed by atoms with E-state index in [2.05, 4.69) is 16.0 Å². The second-order valence-electron chi connectivity index (χ2n) is 3.61. The molecule has 0 fully saturated rings. The maximum absolute atomic E-state index is 5.19. The van der Waals surface area contributed by atoms with Crippen LogP contribution in [-0.2, 0) is 0 Å². The molecule has 0 aliphatic carbocycles. The monoisotopic (exact) mass is 194 g/mol. The average Bonchev–Trinajstić information content (AvgIpc) is 3.04. The predicted octanol–water partition coefficient (Wildman–Crippen LogP) is 2.89. The molecule has 0 radical (unpaired) electrons. The molecule has 0 N–H and O–H groups in total. The molecule has 2 aromatic heterocycles. The van der Waals surface area contributed by atoms with E-state index in [4.69, 9.17) is 4.74 Å². The number of pyridine rings is 2. The molecule has 0 amide bonds. The number of fused-ring (bicyclic) bond motifs is 4. The van der Waals surface area contributed by atoms with Gasteiger partial charge >= 0.3 is 0 Å². The fraction of sp³-hybridized carbons (Fsp3) is 0. The second-order valence-corrected chi connectivity index (χ2v) is 3.61. The van der Waals surface area contributed by atoms with Crippen molar-refractivity contribution in [3.8, 4) is 11.6 Å². The first-order valence-corrected chi connectivity index (χ1v) is 4.78. The summed E-state index contributed by atoms with van der Waals surface area (Å²) in [7, 11) is 0. The van der Waals surface area contributed by atoms with Crippen molar-refractivity contribution in [2.45, 2.75) is 0 Å². The minimum atomic E-state index is 0.737. The molecule has 0 unspecified atom stereocenters. The van der Waals surface area contributed by atoms with Gasteiger partial charge in [0, 0.05) is 17.0 Å². The first-order chi connectivity index (χ1) is 7.42. The number of ether oxygens (including phenoxy) is 1. The highest BCUT2D eigenvalue weighted by Gasteiger charge is 2.23. The first-order valence-electron chi connectivity index (χ1n) is 4.78. The van der Waals surface area contributed by atoms with Crippen LogP contribution < -0.4 is 4.74 Å². The van der Waals surface area contributed by atoms with E-state index in [1.807, 2.05) is 24.3 Å². The van der Waals surface area contributed by atoms with Crippen LogP contribution in [-0.4, -0.2) is 9.97 Å². The zero-order valence-electron chi connectivity index (χ0n) is 7.77. The molecule has 0 atom stereocenters. The summed E-state index contributed by atoms with van der Waals surface area (Å²) in [5.74, 6) is 1.62. The molecule has 1 aromatic carbocycles. The third kappa shape index (κ3) is 0.892. The number of hydrogen-bond acceptors (Lipinski definition) is 3. The minimum absolute atomic E-state index is 0.737. The van der Waals surface area contributed by atoms with Crippen LogP contribution in [0.4, 0.5) is 0 Å². The van der Waals surface area contributed by atoms with E-state index in [0.29, 0.717) is 0 Å². The van der Waals surface area contributed by atoms with Crippen molar-refractivity contribution in [2.24, 2.45) is 0 Å². The zero-order valence-corrected chi connectivity index (χ0v) is 7.77. The van der Waals surface area contributed by atoms with Crippen molar-refractivity contribution in [2.75, 3.05) is 0 Å². The molecule has 0 bridgehead atoms. The SMILES string of the molecule is c1cnc2c(c1)ccc1cc3c(nc12)O3. The van der Waals surface area contributed by atoms with Crippen molar-refractivity contribution < 1.29 is 4.74 Å². The fourth-order valence-electron chi connectivity index (χ4n) is 1.87. The Kier molecular flexibility index (Phi) is 1.08. The minimum Gasteiger partial charge on any atom is -0.430 e. The van der Waals surface area contributed by atoms with Crippen molar-refractivity contribution in [1.29, 1.82) is 0 Å². The van der Waals surface area contributed by atoms with Crippen LogP contribution in [0.5, 0.6) is 11.6 Å². The van der Waals surface area contributed by atoms with E-state index in [0.717, 1.165) is 33.4 Å². The van der Waals surface area contributed by atoms with Crippen LogP contribution >= 0.6 is 0 Å². The van der Waals surface area contributed by atoms with Gasteiger partial charge < -0.3 is 4.74 Å². The maximum atomic E-state index is 5.19. The molecular weight excluding hydrogens is 188 g/mol. The van der Waals surface area contributed by atoms with Gasteiger partial charge in [0.1, 0.15) is 5.52 Å². The third-order valence-electron chi connectivity index (χ3n) is 2.65. The van der Waals surface area contributed by atoms with E-state index in [-0.39, 0.29) is 0 Å². The summed E-state index contributed by atoms with van der Waals surface area (Å²) in [4.78, 5) is 8.77. The van der Waals surface area contributed by atoms with Gasteiger partial charge in [0.15, 0.2) is 5.75 Å². The molecule has 1 aliphatic rings. The Balaban J connectivity index is 2.30. The smallest absolute Gasteiger partial charge is 0.264 e. The molecular formula is C12H6N2O. The molecule has 3 heterocycles. The molecule has 0 saturated carbocycles. The van der Waals surface area contributed by atoms with Gasteiger partial charge in [-0.15, -0.1) is 0 Å². The lowest BCUT2D eigenvalue weighted by molar-refractivity contribution is 0.636. The van der Waals surface area contributed by atoms with Gasteiger partial charge in [-0.05, 0) is 12.1 Å². The van der Waals surface area contributed by atoms with E-state index < -0.39 is 0 Å². The van der Waals surface area contributed by atoms with Crippen molar-refractivity contribution >= 4 is 21.8 Å². The Hall–Kier alpha value is -2.16. The van der Waals surface area contributed by atoms with Crippen LogP contribution in [0.1, 0.15) is 0 Å². The summed E-state index contributed by atoms with van der Waals surface area (Å²) in [6.45, 7) is 0. The topological polar surface area (TPSA) is 38.3 Å². The number of aromatic nitrogens is 2. The van der Waals surface area contributed by atoms with Crippen LogP contribution in [0.2, 0.25) is 0 Å². The summed E-state index contributed by atoms with van der Waals surface area (Å²) in [5.41, 5.74) is 1.86. The van der Waals surface area contributed by atoms with Crippen LogP contribution in [0, 0.1) is 0 Å². The molecule has 3 heteroatoms. The molecule has 3 aromatic rings. The van der Waals surface area contributed by atoms with Crippen molar-refractivity contribution in [1.82, 2.24) is 9.97 Å². The average molecular weight is 194 g/mol. The van der Waals surface area contributed by atoms with E-state index in [9.17, 15) is 0 Å². The Labute approximate surface area is 85.3 Å². The normalized spacial score (nSPS) is 12.5. The molecule has 70 valence electrons. The Morgan fingerprint density at radius 3 is 2.93 bits per heavy atom. The van der Waals surface area contributed by atoms with Crippen LogP contribution in [0.3, 0.4) is 0 Å². The summed E-state index contributed by atoms with van der Waals surface area (Å²) < 4.78 is 5.19. The van der Waals surface area contributed by atoms with Gasteiger partial charge in [-0.1, -0.05) is 18.2 Å². The number of benzene rings is 1. The van der Waals surface area contributed by atoms with Crippen molar-refractivity contribution in [3.05, 3.63) is 36.5 Å². The standard InChI is InChI=1S/C12H6N2O/c1-2-7-3-4-8-6-9-12(15-9)14-11(8)10(7)13-5-1/h1-6H. The lowest BCUT2D eigenvalue weighted by Crippen LogP contribution is -1.81. The lowest BCUT2D eigenvalue weighted by Gasteiger charge is -1.98. The zero-order chi connectivity index (χ0) is 9.83.